The van der Waals surface area contributed by atoms with Crippen molar-refractivity contribution >= 4 is 0 Å². The summed E-state index contributed by atoms with van der Waals surface area (Å²) in [6, 6.07) is 0. The highest BCUT2D eigenvalue weighted by molar-refractivity contribution is 5.32. The summed E-state index contributed by atoms with van der Waals surface area (Å²) in [4.78, 5) is 2.51. The van der Waals surface area contributed by atoms with E-state index in [0.29, 0.717) is 6.61 Å². The maximum atomic E-state index is 9.48. The topological polar surface area (TPSA) is 23.5 Å². The summed E-state index contributed by atoms with van der Waals surface area (Å²) in [6.45, 7) is 2.73. The van der Waals surface area contributed by atoms with Crippen molar-refractivity contribution in [2.45, 2.75) is 37.6 Å². The van der Waals surface area contributed by atoms with Gasteiger partial charge in [-0.2, -0.15) is 0 Å². The fourth-order valence-electron chi connectivity index (χ4n) is 3.01. The van der Waals surface area contributed by atoms with Crippen molar-refractivity contribution in [1.82, 2.24) is 4.90 Å². The first-order valence-corrected chi connectivity index (χ1v) is 5.40. The molecular formula is C11H17NO. The van der Waals surface area contributed by atoms with Gasteiger partial charge in [0.1, 0.15) is 0 Å². The molecule has 0 aromatic heterocycles. The molecule has 3 fully saturated rings. The quantitative estimate of drug-likeness (QED) is 0.613. The molecule has 2 saturated heterocycles. The summed E-state index contributed by atoms with van der Waals surface area (Å²) in [5, 5.41) is 9.48. The third-order valence-electron chi connectivity index (χ3n) is 3.96. The average Bonchev–Trinajstić information content (AvgIpc) is 2.79. The Bertz CT molecular complexity index is 265. The van der Waals surface area contributed by atoms with Crippen LogP contribution < -0.4 is 0 Å². The number of hydrogen-bond donors (Lipinski definition) is 1. The SMILES string of the molecule is OC[C@@]12CCCN1CC(=C1CC1)C2. The third kappa shape index (κ3) is 1.09. The van der Waals surface area contributed by atoms with E-state index in [4.69, 9.17) is 0 Å². The Morgan fingerprint density at radius 3 is 2.77 bits per heavy atom. The molecule has 1 N–H and O–H groups in total. The van der Waals surface area contributed by atoms with Gasteiger partial charge in [0.25, 0.3) is 0 Å². The number of aliphatic hydroxyl groups is 1. The standard InChI is InChI=1S/C11H17NO/c13-8-11-4-1-5-12(11)7-10(6-11)9-2-3-9/h13H,1-8H2/t11-/m0/s1. The smallest absolute Gasteiger partial charge is 0.0618 e. The van der Waals surface area contributed by atoms with Gasteiger partial charge in [-0.05, 0) is 38.6 Å². The lowest BCUT2D eigenvalue weighted by molar-refractivity contribution is 0.1000. The van der Waals surface area contributed by atoms with Crippen LogP contribution in [-0.4, -0.2) is 35.2 Å². The van der Waals surface area contributed by atoms with Crippen molar-refractivity contribution in [2.75, 3.05) is 19.7 Å². The minimum absolute atomic E-state index is 0.172. The van der Waals surface area contributed by atoms with Gasteiger partial charge in [0.15, 0.2) is 0 Å². The highest BCUT2D eigenvalue weighted by atomic mass is 16.3. The second-order valence-corrected chi connectivity index (χ2v) is 4.79. The molecule has 1 saturated carbocycles. The summed E-state index contributed by atoms with van der Waals surface area (Å²) >= 11 is 0. The predicted octanol–water partition coefficient (Wildman–Crippen LogP) is 1.31. The minimum Gasteiger partial charge on any atom is -0.394 e. The predicted molar refractivity (Wildman–Crippen MR) is 51.5 cm³/mol. The van der Waals surface area contributed by atoms with E-state index in [-0.39, 0.29) is 5.54 Å². The molecule has 0 aromatic carbocycles. The van der Waals surface area contributed by atoms with E-state index in [9.17, 15) is 5.11 Å². The Morgan fingerprint density at radius 2 is 2.15 bits per heavy atom. The summed E-state index contributed by atoms with van der Waals surface area (Å²) in [5.74, 6) is 0. The minimum atomic E-state index is 0.172. The van der Waals surface area contributed by atoms with Crippen LogP contribution in [0.15, 0.2) is 11.1 Å². The Kier molecular flexibility index (Phi) is 1.59. The Morgan fingerprint density at radius 1 is 1.31 bits per heavy atom. The zero-order chi connectivity index (χ0) is 8.89. The zero-order valence-corrected chi connectivity index (χ0v) is 8.05. The molecule has 2 heterocycles. The normalized spacial score (nSPS) is 38.5. The van der Waals surface area contributed by atoms with Crippen molar-refractivity contribution in [1.29, 1.82) is 0 Å². The van der Waals surface area contributed by atoms with E-state index in [1.54, 1.807) is 11.1 Å². The fraction of sp³-hybridized carbons (Fsp3) is 0.818. The van der Waals surface area contributed by atoms with Gasteiger partial charge in [0.2, 0.25) is 0 Å². The number of rotatable bonds is 1. The first-order valence-electron chi connectivity index (χ1n) is 5.40. The Balaban J connectivity index is 1.89. The molecule has 3 rings (SSSR count). The summed E-state index contributed by atoms with van der Waals surface area (Å²) in [7, 11) is 0. The van der Waals surface area contributed by atoms with Gasteiger partial charge in [-0.3, -0.25) is 4.90 Å². The first kappa shape index (κ1) is 8.01. The van der Waals surface area contributed by atoms with Crippen molar-refractivity contribution in [3.63, 3.8) is 0 Å². The summed E-state index contributed by atoms with van der Waals surface area (Å²) in [5.41, 5.74) is 3.53. The van der Waals surface area contributed by atoms with Crippen LogP contribution in [0, 0.1) is 0 Å². The molecule has 0 spiro atoms. The monoisotopic (exact) mass is 179 g/mol. The molecule has 0 unspecified atom stereocenters. The average molecular weight is 179 g/mol. The van der Waals surface area contributed by atoms with E-state index in [1.165, 1.54) is 38.6 Å². The second-order valence-electron chi connectivity index (χ2n) is 4.79. The van der Waals surface area contributed by atoms with Crippen LogP contribution in [-0.2, 0) is 0 Å². The maximum Gasteiger partial charge on any atom is 0.0618 e. The van der Waals surface area contributed by atoms with Gasteiger partial charge in [-0.25, -0.2) is 0 Å². The van der Waals surface area contributed by atoms with Crippen LogP contribution in [0.25, 0.3) is 0 Å². The molecule has 0 amide bonds. The van der Waals surface area contributed by atoms with Gasteiger partial charge in [0, 0.05) is 12.1 Å². The van der Waals surface area contributed by atoms with E-state index in [0.717, 1.165) is 6.54 Å². The lowest BCUT2D eigenvalue weighted by Gasteiger charge is -2.28. The number of aliphatic hydroxyl groups excluding tert-OH is 1. The molecule has 0 bridgehead atoms. The van der Waals surface area contributed by atoms with Crippen LogP contribution in [0.1, 0.15) is 32.1 Å². The van der Waals surface area contributed by atoms with Gasteiger partial charge < -0.3 is 5.11 Å². The molecule has 3 aliphatic rings. The molecule has 0 aromatic rings. The maximum absolute atomic E-state index is 9.48. The Hall–Kier alpha value is -0.340. The van der Waals surface area contributed by atoms with Crippen molar-refractivity contribution < 1.29 is 5.11 Å². The van der Waals surface area contributed by atoms with E-state index < -0.39 is 0 Å². The fourth-order valence-corrected chi connectivity index (χ4v) is 3.01. The highest BCUT2D eigenvalue weighted by Gasteiger charge is 2.46. The van der Waals surface area contributed by atoms with Crippen LogP contribution in [0.5, 0.6) is 0 Å². The number of nitrogens with zero attached hydrogens (tertiary/aromatic N) is 1. The van der Waals surface area contributed by atoms with Crippen LogP contribution >= 0.6 is 0 Å². The number of hydrogen-bond acceptors (Lipinski definition) is 2. The zero-order valence-electron chi connectivity index (χ0n) is 8.05. The van der Waals surface area contributed by atoms with Crippen molar-refractivity contribution in [3.8, 4) is 0 Å². The number of fused-ring (bicyclic) bond motifs is 1. The van der Waals surface area contributed by atoms with E-state index in [2.05, 4.69) is 4.90 Å². The molecule has 2 heteroatoms. The van der Waals surface area contributed by atoms with Crippen LogP contribution in [0.4, 0.5) is 0 Å². The van der Waals surface area contributed by atoms with Crippen LogP contribution in [0.2, 0.25) is 0 Å². The second kappa shape index (κ2) is 2.58. The van der Waals surface area contributed by atoms with Crippen molar-refractivity contribution in [2.24, 2.45) is 0 Å². The largest absolute Gasteiger partial charge is 0.394 e. The number of allylic oxidation sites excluding steroid dienone is 1. The third-order valence-corrected chi connectivity index (χ3v) is 3.96. The van der Waals surface area contributed by atoms with E-state index in [1.807, 2.05) is 0 Å². The molecule has 2 aliphatic heterocycles. The van der Waals surface area contributed by atoms with Gasteiger partial charge in [-0.1, -0.05) is 11.1 Å². The lowest BCUT2D eigenvalue weighted by Crippen LogP contribution is -2.41. The van der Waals surface area contributed by atoms with Gasteiger partial charge in [-0.15, -0.1) is 0 Å². The van der Waals surface area contributed by atoms with Gasteiger partial charge >= 0.3 is 0 Å². The molecule has 0 radical (unpaired) electrons. The molecule has 1 atom stereocenters. The molecular weight excluding hydrogens is 162 g/mol. The van der Waals surface area contributed by atoms with Crippen LogP contribution in [0.3, 0.4) is 0 Å². The van der Waals surface area contributed by atoms with Crippen molar-refractivity contribution in [3.05, 3.63) is 11.1 Å². The molecule has 2 nitrogen and oxygen atoms in total. The summed E-state index contributed by atoms with van der Waals surface area (Å²) in [6.07, 6.45) is 6.33. The lowest BCUT2D eigenvalue weighted by atomic mass is 9.93. The molecule has 1 aliphatic carbocycles. The molecule has 72 valence electrons. The van der Waals surface area contributed by atoms with E-state index >= 15 is 0 Å². The molecule has 13 heavy (non-hydrogen) atoms. The highest BCUT2D eigenvalue weighted by Crippen LogP contribution is 2.45. The van der Waals surface area contributed by atoms with Gasteiger partial charge in [0.05, 0.1) is 6.61 Å². The summed E-state index contributed by atoms with van der Waals surface area (Å²) < 4.78 is 0. The first-order chi connectivity index (χ1) is 6.34. The Labute approximate surface area is 79.2 Å².